The Labute approximate surface area is 101 Å². The van der Waals surface area contributed by atoms with Crippen molar-refractivity contribution in [3.63, 3.8) is 0 Å². The van der Waals surface area contributed by atoms with Gasteiger partial charge < -0.3 is 14.5 Å². The summed E-state index contributed by atoms with van der Waals surface area (Å²) in [5.41, 5.74) is 2.11. The number of ether oxygens (including phenoxy) is 1. The molecule has 3 heterocycles. The quantitative estimate of drug-likeness (QED) is 0.872. The minimum atomic E-state index is 0.577. The number of hydrogen-bond donors (Lipinski definition) is 1. The first-order valence-electron chi connectivity index (χ1n) is 6.15. The molecule has 2 aromatic rings. The summed E-state index contributed by atoms with van der Waals surface area (Å²) in [5.74, 6) is 0. The van der Waals surface area contributed by atoms with Gasteiger partial charge in [0.15, 0.2) is 0 Å². The van der Waals surface area contributed by atoms with E-state index in [1.54, 1.807) is 0 Å². The number of fused-ring (bicyclic) bond motifs is 1. The van der Waals surface area contributed by atoms with Gasteiger partial charge in [0.1, 0.15) is 5.65 Å². The molecular weight excluding hydrogens is 214 g/mol. The summed E-state index contributed by atoms with van der Waals surface area (Å²) in [6.45, 7) is 2.60. The highest BCUT2D eigenvalue weighted by Gasteiger charge is 2.13. The lowest BCUT2D eigenvalue weighted by atomic mass is 10.1. The van der Waals surface area contributed by atoms with E-state index in [-0.39, 0.29) is 0 Å². The first-order chi connectivity index (χ1) is 8.42. The molecule has 1 aliphatic heterocycles. The molecule has 1 N–H and O–H groups in total. The zero-order valence-corrected chi connectivity index (χ0v) is 9.80. The van der Waals surface area contributed by atoms with E-state index < -0.39 is 0 Å². The van der Waals surface area contributed by atoms with Gasteiger partial charge in [0, 0.05) is 38.2 Å². The summed E-state index contributed by atoms with van der Waals surface area (Å²) in [6.07, 6.45) is 6.32. The normalized spacial score (nSPS) is 17.6. The SMILES string of the molecule is c1ccn2cc(CNC3CCOCC3)nc2c1. The number of imidazole rings is 1. The van der Waals surface area contributed by atoms with Gasteiger partial charge in [0.2, 0.25) is 0 Å². The summed E-state index contributed by atoms with van der Waals surface area (Å²) < 4.78 is 7.40. The molecule has 0 unspecified atom stereocenters. The van der Waals surface area contributed by atoms with Gasteiger partial charge in [-0.05, 0) is 25.0 Å². The molecule has 4 heteroatoms. The number of aromatic nitrogens is 2. The molecule has 0 aliphatic carbocycles. The van der Waals surface area contributed by atoms with Gasteiger partial charge in [-0.1, -0.05) is 6.07 Å². The van der Waals surface area contributed by atoms with Crippen molar-refractivity contribution in [3.05, 3.63) is 36.3 Å². The smallest absolute Gasteiger partial charge is 0.137 e. The van der Waals surface area contributed by atoms with Gasteiger partial charge in [-0.3, -0.25) is 0 Å². The Morgan fingerprint density at radius 2 is 2.24 bits per heavy atom. The van der Waals surface area contributed by atoms with Crippen LogP contribution in [0.5, 0.6) is 0 Å². The van der Waals surface area contributed by atoms with Crippen LogP contribution in [0.2, 0.25) is 0 Å². The Morgan fingerprint density at radius 3 is 3.06 bits per heavy atom. The summed E-state index contributed by atoms with van der Waals surface area (Å²) in [5, 5.41) is 3.54. The molecule has 1 aliphatic rings. The van der Waals surface area contributed by atoms with Gasteiger partial charge in [-0.2, -0.15) is 0 Å². The van der Waals surface area contributed by atoms with Crippen molar-refractivity contribution in [1.82, 2.24) is 14.7 Å². The minimum absolute atomic E-state index is 0.577. The average Bonchev–Trinajstić information content (AvgIpc) is 2.80. The Balaban J connectivity index is 1.64. The van der Waals surface area contributed by atoms with E-state index in [1.807, 2.05) is 24.4 Å². The largest absolute Gasteiger partial charge is 0.381 e. The molecule has 0 amide bonds. The molecule has 2 aromatic heterocycles. The van der Waals surface area contributed by atoms with Crippen LogP contribution in [0, 0.1) is 0 Å². The van der Waals surface area contributed by atoms with Crippen LogP contribution in [0.15, 0.2) is 30.6 Å². The predicted octanol–water partition coefficient (Wildman–Crippen LogP) is 1.60. The summed E-state index contributed by atoms with van der Waals surface area (Å²) in [4.78, 5) is 4.57. The molecule has 0 bridgehead atoms. The molecule has 0 radical (unpaired) electrons. The minimum Gasteiger partial charge on any atom is -0.381 e. The molecule has 0 atom stereocenters. The molecule has 1 saturated heterocycles. The van der Waals surface area contributed by atoms with E-state index >= 15 is 0 Å². The Bertz CT molecular complexity index is 455. The Kier molecular flexibility index (Phi) is 3.07. The summed E-state index contributed by atoms with van der Waals surface area (Å²) in [6, 6.07) is 6.63. The summed E-state index contributed by atoms with van der Waals surface area (Å²) in [7, 11) is 0. The van der Waals surface area contributed by atoms with Crippen molar-refractivity contribution in [2.45, 2.75) is 25.4 Å². The van der Waals surface area contributed by atoms with Crippen LogP contribution in [-0.2, 0) is 11.3 Å². The van der Waals surface area contributed by atoms with Gasteiger partial charge in [-0.15, -0.1) is 0 Å². The molecule has 17 heavy (non-hydrogen) atoms. The molecule has 0 saturated carbocycles. The third kappa shape index (κ3) is 2.48. The topological polar surface area (TPSA) is 38.6 Å². The maximum atomic E-state index is 5.34. The second kappa shape index (κ2) is 4.85. The van der Waals surface area contributed by atoms with Gasteiger partial charge >= 0.3 is 0 Å². The van der Waals surface area contributed by atoms with Crippen LogP contribution in [0.1, 0.15) is 18.5 Å². The van der Waals surface area contributed by atoms with Crippen molar-refractivity contribution in [2.75, 3.05) is 13.2 Å². The first kappa shape index (κ1) is 10.7. The fraction of sp³-hybridized carbons (Fsp3) is 0.462. The van der Waals surface area contributed by atoms with Gasteiger partial charge in [0.25, 0.3) is 0 Å². The lowest BCUT2D eigenvalue weighted by Gasteiger charge is -2.22. The zero-order chi connectivity index (χ0) is 11.5. The van der Waals surface area contributed by atoms with E-state index in [2.05, 4.69) is 20.9 Å². The van der Waals surface area contributed by atoms with Crippen LogP contribution in [-0.4, -0.2) is 28.6 Å². The monoisotopic (exact) mass is 231 g/mol. The van der Waals surface area contributed by atoms with Crippen LogP contribution in [0.25, 0.3) is 5.65 Å². The van der Waals surface area contributed by atoms with Crippen molar-refractivity contribution >= 4 is 5.65 Å². The number of pyridine rings is 1. The van der Waals surface area contributed by atoms with E-state index in [9.17, 15) is 0 Å². The molecule has 1 fully saturated rings. The number of hydrogen-bond acceptors (Lipinski definition) is 3. The lowest BCUT2D eigenvalue weighted by molar-refractivity contribution is 0.0775. The third-order valence-electron chi connectivity index (χ3n) is 3.21. The molecule has 90 valence electrons. The molecule has 0 spiro atoms. The van der Waals surface area contributed by atoms with Crippen LogP contribution >= 0.6 is 0 Å². The highest BCUT2D eigenvalue weighted by Crippen LogP contribution is 2.08. The molecule has 4 nitrogen and oxygen atoms in total. The van der Waals surface area contributed by atoms with Crippen LogP contribution in [0.3, 0.4) is 0 Å². The van der Waals surface area contributed by atoms with E-state index in [1.165, 1.54) is 0 Å². The fourth-order valence-corrected chi connectivity index (χ4v) is 2.22. The van der Waals surface area contributed by atoms with Gasteiger partial charge in [-0.25, -0.2) is 4.98 Å². The standard InChI is InChI=1S/C13H17N3O/c1-2-6-16-10-12(15-13(16)3-1)9-14-11-4-7-17-8-5-11/h1-3,6,10-11,14H,4-5,7-9H2. The predicted molar refractivity (Wildman–Crippen MR) is 65.9 cm³/mol. The third-order valence-corrected chi connectivity index (χ3v) is 3.21. The average molecular weight is 231 g/mol. The van der Waals surface area contributed by atoms with Gasteiger partial charge in [0.05, 0.1) is 5.69 Å². The van der Waals surface area contributed by atoms with E-state index in [0.29, 0.717) is 6.04 Å². The van der Waals surface area contributed by atoms with Crippen LogP contribution in [0.4, 0.5) is 0 Å². The van der Waals surface area contributed by atoms with E-state index in [4.69, 9.17) is 4.74 Å². The number of rotatable bonds is 3. The lowest BCUT2D eigenvalue weighted by Crippen LogP contribution is -2.34. The Morgan fingerprint density at radius 1 is 1.35 bits per heavy atom. The second-order valence-corrected chi connectivity index (χ2v) is 4.47. The molecule has 3 rings (SSSR count). The van der Waals surface area contributed by atoms with Crippen molar-refractivity contribution < 1.29 is 4.74 Å². The molecular formula is C13H17N3O. The van der Waals surface area contributed by atoms with Crippen LogP contribution < -0.4 is 5.32 Å². The van der Waals surface area contributed by atoms with E-state index in [0.717, 1.165) is 43.9 Å². The van der Waals surface area contributed by atoms with Crippen molar-refractivity contribution in [3.8, 4) is 0 Å². The zero-order valence-electron chi connectivity index (χ0n) is 9.80. The molecule has 0 aromatic carbocycles. The maximum absolute atomic E-state index is 5.34. The first-order valence-corrected chi connectivity index (χ1v) is 6.15. The van der Waals surface area contributed by atoms with Crippen molar-refractivity contribution in [2.24, 2.45) is 0 Å². The number of nitrogens with zero attached hydrogens (tertiary/aromatic N) is 2. The second-order valence-electron chi connectivity index (χ2n) is 4.47. The van der Waals surface area contributed by atoms with Crippen molar-refractivity contribution in [1.29, 1.82) is 0 Å². The summed E-state index contributed by atoms with van der Waals surface area (Å²) >= 11 is 0. The number of nitrogens with one attached hydrogen (secondary N) is 1. The Hall–Kier alpha value is -1.39. The maximum Gasteiger partial charge on any atom is 0.137 e. The highest BCUT2D eigenvalue weighted by atomic mass is 16.5. The fourth-order valence-electron chi connectivity index (χ4n) is 2.22. The highest BCUT2D eigenvalue weighted by molar-refractivity contribution is 5.39.